The van der Waals surface area contributed by atoms with Gasteiger partial charge in [0, 0.05) is 38.1 Å². The summed E-state index contributed by atoms with van der Waals surface area (Å²) in [6.45, 7) is 10.2. The maximum atomic E-state index is 12.0. The number of carbonyl (C=O) groups excluding carboxylic acids is 1. The third kappa shape index (κ3) is 4.97. The molecule has 0 spiro atoms. The standard InChI is InChI=1S/C17H30N6O/c1-13-6-8-22(11-14(13)23-9-7-19-12-23)16(18-5)20-10-15(24)21-17(2,3)4/h7,9,12-14H,6,8,10-11H2,1-5H3,(H,18,20)(H,21,24). The van der Waals surface area contributed by atoms with Gasteiger partial charge in [0.1, 0.15) is 0 Å². The Morgan fingerprint density at radius 3 is 2.75 bits per heavy atom. The summed E-state index contributed by atoms with van der Waals surface area (Å²) in [5, 5.41) is 6.13. The Morgan fingerprint density at radius 1 is 1.42 bits per heavy atom. The minimum absolute atomic E-state index is 0.0276. The summed E-state index contributed by atoms with van der Waals surface area (Å²) in [5.41, 5.74) is -0.227. The quantitative estimate of drug-likeness (QED) is 0.644. The van der Waals surface area contributed by atoms with E-state index in [4.69, 9.17) is 0 Å². The number of guanidine groups is 1. The Hall–Kier alpha value is -2.05. The minimum Gasteiger partial charge on any atom is -0.350 e. The number of amides is 1. The first-order valence-electron chi connectivity index (χ1n) is 8.54. The van der Waals surface area contributed by atoms with E-state index in [0.717, 1.165) is 25.5 Å². The number of rotatable bonds is 3. The molecule has 1 amide bonds. The fourth-order valence-electron chi connectivity index (χ4n) is 3.05. The van der Waals surface area contributed by atoms with Crippen LogP contribution in [0.2, 0.25) is 0 Å². The first-order valence-corrected chi connectivity index (χ1v) is 8.54. The number of nitrogens with one attached hydrogen (secondary N) is 2. The summed E-state index contributed by atoms with van der Waals surface area (Å²) >= 11 is 0. The van der Waals surface area contributed by atoms with E-state index in [0.29, 0.717) is 12.0 Å². The molecular weight excluding hydrogens is 304 g/mol. The number of nitrogens with zero attached hydrogens (tertiary/aromatic N) is 4. The van der Waals surface area contributed by atoms with Crippen molar-refractivity contribution in [1.82, 2.24) is 25.1 Å². The van der Waals surface area contributed by atoms with Crippen molar-refractivity contribution in [1.29, 1.82) is 0 Å². The summed E-state index contributed by atoms with van der Waals surface area (Å²) in [7, 11) is 1.76. The van der Waals surface area contributed by atoms with Crippen LogP contribution in [0.1, 0.15) is 40.2 Å². The number of imidazole rings is 1. The number of aliphatic imine (C=N–C) groups is 1. The van der Waals surface area contributed by atoms with Gasteiger partial charge in [0.15, 0.2) is 5.96 Å². The van der Waals surface area contributed by atoms with Crippen molar-refractivity contribution >= 4 is 11.9 Å². The second-order valence-corrected chi connectivity index (χ2v) is 7.49. The van der Waals surface area contributed by atoms with E-state index in [9.17, 15) is 4.79 Å². The Labute approximate surface area is 144 Å². The Bertz CT molecular complexity index is 560. The topological polar surface area (TPSA) is 74.6 Å². The lowest BCUT2D eigenvalue weighted by Crippen LogP contribution is -2.52. The molecular formula is C17H30N6O. The molecule has 0 aromatic carbocycles. The lowest BCUT2D eigenvalue weighted by atomic mass is 9.93. The molecule has 1 fully saturated rings. The second kappa shape index (κ2) is 7.68. The van der Waals surface area contributed by atoms with E-state index in [1.807, 2.05) is 39.5 Å². The first kappa shape index (κ1) is 18.3. The fraction of sp³-hybridized carbons (Fsp3) is 0.706. The van der Waals surface area contributed by atoms with Crippen molar-refractivity contribution in [2.45, 2.75) is 45.7 Å². The summed E-state index contributed by atoms with van der Waals surface area (Å²) in [6, 6.07) is 0.364. The van der Waals surface area contributed by atoms with E-state index in [1.54, 1.807) is 7.05 Å². The molecule has 7 nitrogen and oxygen atoms in total. The molecule has 134 valence electrons. The van der Waals surface area contributed by atoms with Crippen molar-refractivity contribution in [3.63, 3.8) is 0 Å². The fourth-order valence-corrected chi connectivity index (χ4v) is 3.05. The lowest BCUT2D eigenvalue weighted by Gasteiger charge is -2.39. The van der Waals surface area contributed by atoms with Crippen LogP contribution in [0, 0.1) is 5.92 Å². The summed E-state index contributed by atoms with van der Waals surface area (Å²) < 4.78 is 2.16. The normalized spacial score (nSPS) is 22.4. The van der Waals surface area contributed by atoms with Crippen molar-refractivity contribution < 1.29 is 4.79 Å². The Balaban J connectivity index is 1.94. The zero-order chi connectivity index (χ0) is 17.7. The number of carbonyl (C=O) groups is 1. The third-order valence-electron chi connectivity index (χ3n) is 4.26. The van der Waals surface area contributed by atoms with Crippen LogP contribution in [-0.2, 0) is 4.79 Å². The van der Waals surface area contributed by atoms with Crippen LogP contribution in [0.4, 0.5) is 0 Å². The van der Waals surface area contributed by atoms with Crippen LogP contribution in [-0.4, -0.2) is 58.5 Å². The summed E-state index contributed by atoms with van der Waals surface area (Å²) in [4.78, 5) is 22.7. The van der Waals surface area contributed by atoms with Gasteiger partial charge in [-0.25, -0.2) is 4.98 Å². The van der Waals surface area contributed by atoms with Gasteiger partial charge in [0.25, 0.3) is 0 Å². The largest absolute Gasteiger partial charge is 0.350 e. The maximum absolute atomic E-state index is 12.0. The van der Waals surface area contributed by atoms with Gasteiger partial charge in [-0.15, -0.1) is 0 Å². The van der Waals surface area contributed by atoms with Gasteiger partial charge in [0.05, 0.1) is 18.9 Å². The van der Waals surface area contributed by atoms with Gasteiger partial charge in [-0.05, 0) is 33.1 Å². The molecule has 0 bridgehead atoms. The summed E-state index contributed by atoms with van der Waals surface area (Å²) in [5.74, 6) is 1.33. The molecule has 1 aliphatic heterocycles. The van der Waals surface area contributed by atoms with Gasteiger partial charge in [-0.1, -0.05) is 6.92 Å². The minimum atomic E-state index is -0.227. The van der Waals surface area contributed by atoms with Gasteiger partial charge < -0.3 is 20.1 Å². The molecule has 2 unspecified atom stereocenters. The Kier molecular flexibility index (Phi) is 5.85. The molecule has 1 saturated heterocycles. The molecule has 1 aromatic heterocycles. The monoisotopic (exact) mass is 334 g/mol. The van der Waals surface area contributed by atoms with Crippen molar-refractivity contribution in [2.75, 3.05) is 26.7 Å². The SMILES string of the molecule is CN=C(NCC(=O)NC(C)(C)C)N1CCC(C)C(n2ccnc2)C1. The average molecular weight is 334 g/mol. The van der Waals surface area contributed by atoms with Crippen LogP contribution in [0.3, 0.4) is 0 Å². The van der Waals surface area contributed by atoms with E-state index < -0.39 is 0 Å². The predicted molar refractivity (Wildman–Crippen MR) is 95.9 cm³/mol. The van der Waals surface area contributed by atoms with Crippen LogP contribution < -0.4 is 10.6 Å². The smallest absolute Gasteiger partial charge is 0.239 e. The van der Waals surface area contributed by atoms with Crippen molar-refractivity contribution in [3.8, 4) is 0 Å². The molecule has 2 atom stereocenters. The van der Waals surface area contributed by atoms with Gasteiger partial charge in [0.2, 0.25) is 5.91 Å². The highest BCUT2D eigenvalue weighted by molar-refractivity contribution is 5.86. The molecule has 0 saturated carbocycles. The molecule has 1 aliphatic rings. The van der Waals surface area contributed by atoms with Crippen molar-refractivity contribution in [2.24, 2.45) is 10.9 Å². The van der Waals surface area contributed by atoms with E-state index >= 15 is 0 Å². The van der Waals surface area contributed by atoms with Gasteiger partial charge in [-0.3, -0.25) is 9.79 Å². The van der Waals surface area contributed by atoms with Crippen LogP contribution in [0.5, 0.6) is 0 Å². The number of hydrogen-bond donors (Lipinski definition) is 2. The lowest BCUT2D eigenvalue weighted by molar-refractivity contribution is -0.121. The number of hydrogen-bond acceptors (Lipinski definition) is 3. The van der Waals surface area contributed by atoms with Crippen LogP contribution in [0.25, 0.3) is 0 Å². The number of piperidine rings is 1. The van der Waals surface area contributed by atoms with E-state index in [2.05, 4.69) is 37.0 Å². The average Bonchev–Trinajstić information content (AvgIpc) is 3.01. The molecule has 2 rings (SSSR count). The molecule has 2 heterocycles. The predicted octanol–water partition coefficient (Wildman–Crippen LogP) is 1.26. The van der Waals surface area contributed by atoms with Crippen LogP contribution >= 0.6 is 0 Å². The molecule has 1 aromatic rings. The molecule has 0 radical (unpaired) electrons. The highest BCUT2D eigenvalue weighted by Gasteiger charge is 2.29. The maximum Gasteiger partial charge on any atom is 0.239 e. The third-order valence-corrected chi connectivity index (χ3v) is 4.26. The molecule has 0 aliphatic carbocycles. The number of likely N-dealkylation sites (tertiary alicyclic amines) is 1. The van der Waals surface area contributed by atoms with Crippen molar-refractivity contribution in [3.05, 3.63) is 18.7 Å². The number of aromatic nitrogens is 2. The van der Waals surface area contributed by atoms with Crippen LogP contribution in [0.15, 0.2) is 23.7 Å². The summed E-state index contributed by atoms with van der Waals surface area (Å²) in [6.07, 6.45) is 6.78. The zero-order valence-electron chi connectivity index (χ0n) is 15.4. The first-order chi connectivity index (χ1) is 11.3. The zero-order valence-corrected chi connectivity index (χ0v) is 15.4. The van der Waals surface area contributed by atoms with E-state index in [-0.39, 0.29) is 18.0 Å². The molecule has 7 heteroatoms. The second-order valence-electron chi connectivity index (χ2n) is 7.49. The molecule has 24 heavy (non-hydrogen) atoms. The highest BCUT2D eigenvalue weighted by atomic mass is 16.2. The van der Waals surface area contributed by atoms with E-state index in [1.165, 1.54) is 0 Å². The Morgan fingerprint density at radius 2 is 2.17 bits per heavy atom. The molecule has 2 N–H and O–H groups in total. The van der Waals surface area contributed by atoms with Gasteiger partial charge >= 0.3 is 0 Å². The van der Waals surface area contributed by atoms with Gasteiger partial charge in [-0.2, -0.15) is 0 Å². The highest BCUT2D eigenvalue weighted by Crippen LogP contribution is 2.27.